The van der Waals surface area contributed by atoms with Gasteiger partial charge in [-0.3, -0.25) is 0 Å². The fraction of sp³-hybridized carbons (Fsp3) is 0.0400. The highest BCUT2D eigenvalue weighted by Gasteiger charge is 2.07. The molecule has 0 spiro atoms. The SMILES string of the molecule is Nc1nc2ccccc2nc1NCc1cccc(Oc2cccc3ccccc23)c1. The lowest BCUT2D eigenvalue weighted by molar-refractivity contribution is 0.487. The van der Waals surface area contributed by atoms with Crippen LogP contribution in [-0.4, -0.2) is 9.97 Å². The van der Waals surface area contributed by atoms with Crippen molar-refractivity contribution in [1.82, 2.24) is 9.97 Å². The number of para-hydroxylation sites is 2. The Morgan fingerprint density at radius 3 is 2.40 bits per heavy atom. The quantitative estimate of drug-likeness (QED) is 0.397. The Morgan fingerprint density at radius 2 is 1.50 bits per heavy atom. The molecule has 0 aliphatic rings. The van der Waals surface area contributed by atoms with Crippen LogP contribution in [0.15, 0.2) is 91.0 Å². The summed E-state index contributed by atoms with van der Waals surface area (Å²) >= 11 is 0. The Kier molecular flexibility index (Phi) is 4.62. The zero-order valence-corrected chi connectivity index (χ0v) is 16.2. The summed E-state index contributed by atoms with van der Waals surface area (Å²) < 4.78 is 6.19. The van der Waals surface area contributed by atoms with E-state index >= 15 is 0 Å². The molecular weight excluding hydrogens is 372 g/mol. The molecule has 5 rings (SSSR count). The minimum atomic E-state index is 0.386. The molecule has 1 aromatic heterocycles. The molecule has 5 nitrogen and oxygen atoms in total. The van der Waals surface area contributed by atoms with Gasteiger partial charge in [-0.1, -0.05) is 60.7 Å². The lowest BCUT2D eigenvalue weighted by Gasteiger charge is -2.12. The molecule has 0 aliphatic carbocycles. The third kappa shape index (κ3) is 3.61. The van der Waals surface area contributed by atoms with Crippen molar-refractivity contribution in [2.24, 2.45) is 0 Å². The van der Waals surface area contributed by atoms with Crippen molar-refractivity contribution >= 4 is 33.4 Å². The number of hydrogen-bond acceptors (Lipinski definition) is 5. The average Bonchev–Trinajstić information content (AvgIpc) is 2.78. The maximum absolute atomic E-state index is 6.19. The van der Waals surface area contributed by atoms with Gasteiger partial charge in [0, 0.05) is 11.9 Å². The van der Waals surface area contributed by atoms with Gasteiger partial charge in [-0.05, 0) is 41.3 Å². The molecule has 0 unspecified atom stereocenters. The number of hydrogen-bond donors (Lipinski definition) is 2. The van der Waals surface area contributed by atoms with E-state index < -0.39 is 0 Å². The summed E-state index contributed by atoms with van der Waals surface area (Å²) in [7, 11) is 0. The summed E-state index contributed by atoms with van der Waals surface area (Å²) in [5.41, 5.74) is 8.72. The molecule has 146 valence electrons. The van der Waals surface area contributed by atoms with Crippen molar-refractivity contribution in [2.45, 2.75) is 6.54 Å². The topological polar surface area (TPSA) is 73.1 Å². The second-order valence-electron chi connectivity index (χ2n) is 7.03. The largest absolute Gasteiger partial charge is 0.457 e. The molecule has 0 aliphatic heterocycles. The summed E-state index contributed by atoms with van der Waals surface area (Å²) in [6, 6.07) is 29.9. The van der Waals surface area contributed by atoms with Crippen molar-refractivity contribution < 1.29 is 4.74 Å². The van der Waals surface area contributed by atoms with Crippen LogP contribution in [0.5, 0.6) is 11.5 Å². The lowest BCUT2D eigenvalue weighted by Crippen LogP contribution is -2.06. The number of nitrogens with one attached hydrogen (secondary N) is 1. The van der Waals surface area contributed by atoms with Gasteiger partial charge in [-0.15, -0.1) is 0 Å². The van der Waals surface area contributed by atoms with Gasteiger partial charge in [0.2, 0.25) is 0 Å². The first-order chi connectivity index (χ1) is 14.8. The molecule has 0 amide bonds. The molecule has 1 heterocycles. The van der Waals surface area contributed by atoms with Gasteiger partial charge in [-0.2, -0.15) is 0 Å². The number of fused-ring (bicyclic) bond motifs is 2. The van der Waals surface area contributed by atoms with Crippen molar-refractivity contribution in [1.29, 1.82) is 0 Å². The molecule has 30 heavy (non-hydrogen) atoms. The van der Waals surface area contributed by atoms with Crippen LogP contribution in [0, 0.1) is 0 Å². The summed E-state index contributed by atoms with van der Waals surface area (Å²) in [5.74, 6) is 2.58. The number of rotatable bonds is 5. The third-order valence-electron chi connectivity index (χ3n) is 4.93. The maximum Gasteiger partial charge on any atom is 0.169 e. The first-order valence-corrected chi connectivity index (χ1v) is 9.77. The van der Waals surface area contributed by atoms with Gasteiger partial charge in [0.05, 0.1) is 11.0 Å². The Hall–Kier alpha value is -4.12. The monoisotopic (exact) mass is 392 g/mol. The second kappa shape index (κ2) is 7.72. The molecule has 3 N–H and O–H groups in total. The Bertz CT molecular complexity index is 1340. The van der Waals surface area contributed by atoms with Crippen LogP contribution in [0.3, 0.4) is 0 Å². The molecule has 5 aromatic rings. The number of aromatic nitrogens is 2. The molecular formula is C25H20N4O. The Labute approximate surface area is 174 Å². The number of nitrogen functional groups attached to an aromatic ring is 1. The fourth-order valence-electron chi connectivity index (χ4n) is 3.46. The number of nitrogens with two attached hydrogens (primary N) is 1. The molecule has 0 radical (unpaired) electrons. The molecule has 0 fully saturated rings. The summed E-state index contributed by atoms with van der Waals surface area (Å²) in [5, 5.41) is 5.52. The number of benzene rings is 4. The van der Waals surface area contributed by atoms with Gasteiger partial charge >= 0.3 is 0 Å². The van der Waals surface area contributed by atoms with Gasteiger partial charge < -0.3 is 15.8 Å². The second-order valence-corrected chi connectivity index (χ2v) is 7.03. The predicted molar refractivity (Wildman–Crippen MR) is 122 cm³/mol. The van der Waals surface area contributed by atoms with Crippen LogP contribution >= 0.6 is 0 Å². The Morgan fingerprint density at radius 1 is 0.767 bits per heavy atom. The molecule has 4 aromatic carbocycles. The van der Waals surface area contributed by atoms with Crippen LogP contribution in [0.1, 0.15) is 5.56 Å². The number of ether oxygens (including phenoxy) is 1. The van der Waals surface area contributed by atoms with E-state index in [4.69, 9.17) is 10.5 Å². The minimum Gasteiger partial charge on any atom is -0.457 e. The number of anilines is 2. The maximum atomic E-state index is 6.19. The Balaban J connectivity index is 1.36. The highest BCUT2D eigenvalue weighted by molar-refractivity contribution is 5.88. The van der Waals surface area contributed by atoms with Crippen molar-refractivity contribution in [2.75, 3.05) is 11.1 Å². The molecule has 0 saturated carbocycles. The van der Waals surface area contributed by atoms with E-state index in [0.717, 1.165) is 38.9 Å². The standard InChI is InChI=1S/C25H20N4O/c26-24-25(29-22-13-4-3-12-21(22)28-24)27-16-17-7-5-10-19(15-17)30-23-14-6-9-18-8-1-2-11-20(18)23/h1-15H,16H2,(H2,26,28)(H,27,29). The number of nitrogens with zero attached hydrogens (tertiary/aromatic N) is 2. The van der Waals surface area contributed by atoms with Crippen LogP contribution < -0.4 is 15.8 Å². The fourth-order valence-corrected chi connectivity index (χ4v) is 3.46. The van der Waals surface area contributed by atoms with E-state index in [2.05, 4.69) is 33.5 Å². The molecule has 0 atom stereocenters. The van der Waals surface area contributed by atoms with E-state index in [1.54, 1.807) is 0 Å². The van der Waals surface area contributed by atoms with Gasteiger partial charge in [-0.25, -0.2) is 9.97 Å². The molecule has 5 heteroatoms. The zero-order chi connectivity index (χ0) is 20.3. The van der Waals surface area contributed by atoms with Crippen LogP contribution in [0.4, 0.5) is 11.6 Å². The van der Waals surface area contributed by atoms with Crippen molar-refractivity contribution in [3.05, 3.63) is 96.6 Å². The summed E-state index contributed by atoms with van der Waals surface area (Å²) in [4.78, 5) is 9.00. The van der Waals surface area contributed by atoms with Crippen LogP contribution in [-0.2, 0) is 6.54 Å². The van der Waals surface area contributed by atoms with E-state index in [-0.39, 0.29) is 0 Å². The first-order valence-electron chi connectivity index (χ1n) is 9.77. The third-order valence-corrected chi connectivity index (χ3v) is 4.93. The van der Waals surface area contributed by atoms with Gasteiger partial charge in [0.1, 0.15) is 11.5 Å². The molecule has 0 bridgehead atoms. The highest BCUT2D eigenvalue weighted by Crippen LogP contribution is 2.30. The van der Waals surface area contributed by atoms with Crippen LogP contribution in [0.25, 0.3) is 21.8 Å². The summed E-state index contributed by atoms with van der Waals surface area (Å²) in [6.07, 6.45) is 0. The van der Waals surface area contributed by atoms with Crippen LogP contribution in [0.2, 0.25) is 0 Å². The van der Waals surface area contributed by atoms with E-state index in [1.807, 2.05) is 72.8 Å². The first kappa shape index (κ1) is 17.9. The van der Waals surface area contributed by atoms with E-state index in [0.29, 0.717) is 18.2 Å². The highest BCUT2D eigenvalue weighted by atomic mass is 16.5. The van der Waals surface area contributed by atoms with Crippen molar-refractivity contribution in [3.63, 3.8) is 0 Å². The molecule has 0 saturated heterocycles. The summed E-state index contributed by atoms with van der Waals surface area (Å²) in [6.45, 7) is 0.559. The minimum absolute atomic E-state index is 0.386. The normalized spacial score (nSPS) is 10.9. The van der Waals surface area contributed by atoms with Gasteiger partial charge in [0.25, 0.3) is 0 Å². The average molecular weight is 392 g/mol. The smallest absolute Gasteiger partial charge is 0.169 e. The van der Waals surface area contributed by atoms with E-state index in [1.165, 1.54) is 0 Å². The van der Waals surface area contributed by atoms with E-state index in [9.17, 15) is 0 Å². The van der Waals surface area contributed by atoms with Crippen molar-refractivity contribution in [3.8, 4) is 11.5 Å². The lowest BCUT2D eigenvalue weighted by atomic mass is 10.1. The predicted octanol–water partition coefficient (Wildman–Crippen LogP) is 5.77. The van der Waals surface area contributed by atoms with Gasteiger partial charge in [0.15, 0.2) is 11.6 Å². The zero-order valence-electron chi connectivity index (χ0n) is 16.2.